The van der Waals surface area contributed by atoms with Crippen LogP contribution in [-0.2, 0) is 16.3 Å². The normalized spacial score (nSPS) is 18.5. The topological polar surface area (TPSA) is 59.3 Å². The zero-order valence-electron chi connectivity index (χ0n) is 11.7. The molecule has 0 fully saturated rings. The molecule has 1 unspecified atom stereocenters. The first-order valence-electron chi connectivity index (χ1n) is 6.50. The highest BCUT2D eigenvalue weighted by Gasteiger charge is 2.27. The monoisotopic (exact) mass is 380 g/mol. The minimum absolute atomic E-state index is 0.305. The highest BCUT2D eigenvalue weighted by molar-refractivity contribution is 9.11. The Morgan fingerprint density at radius 3 is 2.91 bits per heavy atom. The van der Waals surface area contributed by atoms with Crippen LogP contribution >= 0.6 is 27.3 Å². The average molecular weight is 381 g/mol. The van der Waals surface area contributed by atoms with Gasteiger partial charge in [0.15, 0.2) is 23.1 Å². The van der Waals surface area contributed by atoms with Gasteiger partial charge in [-0.3, -0.25) is 0 Å². The van der Waals surface area contributed by atoms with Crippen LogP contribution in [0.15, 0.2) is 49.8 Å². The molecule has 22 heavy (non-hydrogen) atoms. The van der Waals surface area contributed by atoms with Gasteiger partial charge in [0, 0.05) is 18.0 Å². The molecule has 0 N–H and O–H groups in total. The maximum Gasteiger partial charge on any atom is 0.198 e. The molecular formula is C14H13BrN4O2S. The number of thiazole rings is 1. The lowest BCUT2D eigenvalue weighted by Gasteiger charge is -2.17. The van der Waals surface area contributed by atoms with Crippen molar-refractivity contribution in [1.29, 1.82) is 0 Å². The van der Waals surface area contributed by atoms with Crippen LogP contribution in [0.5, 0.6) is 0 Å². The van der Waals surface area contributed by atoms with Crippen molar-refractivity contribution >= 4 is 39.4 Å². The molecule has 1 aromatic heterocycles. The van der Waals surface area contributed by atoms with Crippen molar-refractivity contribution in [3.63, 3.8) is 0 Å². The Hall–Kier alpha value is -1.77. The number of likely N-dealkylation sites (N-methyl/N-ethyl adjacent to an activating group) is 1. The van der Waals surface area contributed by atoms with Crippen LogP contribution in [0.3, 0.4) is 0 Å². The summed E-state index contributed by atoms with van der Waals surface area (Å²) in [6.07, 6.45) is 1.07. The third-order valence-corrected chi connectivity index (χ3v) is 4.39. The average Bonchev–Trinajstić information content (AvgIpc) is 3.13. The summed E-state index contributed by atoms with van der Waals surface area (Å²) >= 11 is 4.84. The van der Waals surface area contributed by atoms with Crippen molar-refractivity contribution in [2.75, 3.05) is 7.05 Å². The van der Waals surface area contributed by atoms with Gasteiger partial charge in [-0.1, -0.05) is 35.5 Å². The van der Waals surface area contributed by atoms with Crippen molar-refractivity contribution < 1.29 is 9.68 Å². The van der Waals surface area contributed by atoms with E-state index >= 15 is 0 Å². The largest absolute Gasteiger partial charge is 0.392 e. The lowest BCUT2D eigenvalue weighted by molar-refractivity contribution is -0.0325. The van der Waals surface area contributed by atoms with Gasteiger partial charge in [-0.05, 0) is 15.9 Å². The summed E-state index contributed by atoms with van der Waals surface area (Å²) in [4.78, 5) is 19.2. The molecule has 0 amide bonds. The van der Waals surface area contributed by atoms with E-state index in [2.05, 4.69) is 31.1 Å². The maximum absolute atomic E-state index is 5.47. The summed E-state index contributed by atoms with van der Waals surface area (Å²) in [7, 11) is 1.80. The molecular weight excluding hydrogens is 368 g/mol. The second kappa shape index (κ2) is 6.99. The fraction of sp³-hybridized carbons (Fsp3) is 0.214. The van der Waals surface area contributed by atoms with Crippen molar-refractivity contribution in [3.05, 3.63) is 50.9 Å². The van der Waals surface area contributed by atoms with Crippen LogP contribution < -0.4 is 0 Å². The van der Waals surface area contributed by atoms with Gasteiger partial charge in [0.05, 0.1) is 5.69 Å². The number of hydrogen-bond acceptors (Lipinski definition) is 7. The number of hydrogen-bond donors (Lipinski definition) is 0. The van der Waals surface area contributed by atoms with Gasteiger partial charge < -0.3 is 9.68 Å². The van der Waals surface area contributed by atoms with Crippen LogP contribution in [0.4, 0.5) is 0 Å². The molecule has 1 aromatic carbocycles. The van der Waals surface area contributed by atoms with E-state index in [0.717, 1.165) is 15.2 Å². The van der Waals surface area contributed by atoms with E-state index in [1.165, 1.54) is 17.7 Å². The quantitative estimate of drug-likeness (QED) is 0.590. The predicted octanol–water partition coefficient (Wildman–Crippen LogP) is 3.06. The molecule has 2 heterocycles. The number of nitrogens with zero attached hydrogens (tertiary/aromatic N) is 4. The van der Waals surface area contributed by atoms with Crippen molar-refractivity contribution in [2.45, 2.75) is 12.8 Å². The fourth-order valence-corrected chi connectivity index (χ4v) is 2.96. The van der Waals surface area contributed by atoms with Crippen LogP contribution in [0.2, 0.25) is 0 Å². The first kappa shape index (κ1) is 15.1. The zero-order valence-corrected chi connectivity index (χ0v) is 14.1. The third-order valence-electron chi connectivity index (χ3n) is 2.97. The van der Waals surface area contributed by atoms with E-state index in [1.54, 1.807) is 12.1 Å². The molecule has 1 aliphatic heterocycles. The van der Waals surface area contributed by atoms with E-state index in [4.69, 9.17) is 9.68 Å². The molecule has 0 saturated carbocycles. The summed E-state index contributed by atoms with van der Waals surface area (Å²) < 4.78 is 0.826. The Balaban J connectivity index is 1.78. The molecule has 0 aliphatic carbocycles. The Kier molecular flexibility index (Phi) is 4.81. The van der Waals surface area contributed by atoms with E-state index in [1.807, 2.05) is 35.7 Å². The van der Waals surface area contributed by atoms with E-state index in [-0.39, 0.29) is 6.17 Å². The Labute approximate surface area is 140 Å². The van der Waals surface area contributed by atoms with Gasteiger partial charge in [0.25, 0.3) is 0 Å². The van der Waals surface area contributed by atoms with E-state index in [0.29, 0.717) is 12.3 Å². The number of aromatic nitrogens is 1. The molecule has 0 bridgehead atoms. The van der Waals surface area contributed by atoms with Crippen LogP contribution in [0.1, 0.15) is 11.3 Å². The number of oxime groups is 1. The SMILES string of the molecule is CN1OC=NC1/C(=N\OCc1csc(Br)n1)c1ccccc1. The molecule has 0 radical (unpaired) electrons. The molecule has 2 aromatic rings. The van der Waals surface area contributed by atoms with E-state index in [9.17, 15) is 0 Å². The van der Waals surface area contributed by atoms with Crippen molar-refractivity contribution in [1.82, 2.24) is 10.0 Å². The van der Waals surface area contributed by atoms with Gasteiger partial charge >= 0.3 is 0 Å². The minimum Gasteiger partial charge on any atom is -0.392 e. The van der Waals surface area contributed by atoms with Gasteiger partial charge in [0.2, 0.25) is 0 Å². The number of rotatable bonds is 5. The summed E-state index contributed by atoms with van der Waals surface area (Å²) in [5, 5.41) is 7.80. The number of benzene rings is 1. The molecule has 3 rings (SSSR count). The van der Waals surface area contributed by atoms with Crippen LogP contribution in [0, 0.1) is 0 Å². The Bertz CT molecular complexity index is 689. The molecule has 6 nitrogen and oxygen atoms in total. The molecule has 1 atom stereocenters. The van der Waals surface area contributed by atoms with Gasteiger partial charge in [-0.15, -0.1) is 16.4 Å². The first-order valence-corrected chi connectivity index (χ1v) is 8.18. The van der Waals surface area contributed by atoms with Gasteiger partial charge in [-0.2, -0.15) is 0 Å². The van der Waals surface area contributed by atoms with Crippen molar-refractivity contribution in [3.8, 4) is 0 Å². The smallest absolute Gasteiger partial charge is 0.198 e. The second-order valence-corrected chi connectivity index (χ2v) is 6.62. The van der Waals surface area contributed by atoms with Gasteiger partial charge in [-0.25, -0.2) is 9.98 Å². The summed E-state index contributed by atoms with van der Waals surface area (Å²) in [5.74, 6) is 0. The zero-order chi connectivity index (χ0) is 15.4. The fourth-order valence-electron chi connectivity index (χ4n) is 1.93. The first-order chi connectivity index (χ1) is 10.7. The van der Waals surface area contributed by atoms with Crippen LogP contribution in [-0.4, -0.2) is 35.4 Å². The number of halogens is 1. The standard InChI is InChI=1S/C14H13BrN4O2S/c1-19-13(16-9-21-19)12(10-5-3-2-4-6-10)18-20-7-11-8-22-14(15)17-11/h2-6,8-9,13H,7H2,1H3/b18-12-. The lowest BCUT2D eigenvalue weighted by atomic mass is 10.1. The molecule has 114 valence electrons. The number of aliphatic imine (C=N–C) groups is 1. The predicted molar refractivity (Wildman–Crippen MR) is 88.7 cm³/mol. The number of hydroxylamine groups is 2. The third kappa shape index (κ3) is 3.52. The molecule has 8 heteroatoms. The maximum atomic E-state index is 5.47. The van der Waals surface area contributed by atoms with E-state index < -0.39 is 0 Å². The lowest BCUT2D eigenvalue weighted by Crippen LogP contribution is -2.33. The van der Waals surface area contributed by atoms with Gasteiger partial charge in [0.1, 0.15) is 5.71 Å². The molecule has 0 spiro atoms. The highest BCUT2D eigenvalue weighted by atomic mass is 79.9. The highest BCUT2D eigenvalue weighted by Crippen LogP contribution is 2.18. The molecule has 1 aliphatic rings. The summed E-state index contributed by atoms with van der Waals surface area (Å²) in [5.41, 5.74) is 2.44. The van der Waals surface area contributed by atoms with Crippen LogP contribution in [0.25, 0.3) is 0 Å². The second-order valence-electron chi connectivity index (χ2n) is 4.49. The molecule has 0 saturated heterocycles. The Morgan fingerprint density at radius 1 is 1.45 bits per heavy atom. The summed E-state index contributed by atoms with van der Waals surface area (Å²) in [6, 6.07) is 9.77. The van der Waals surface area contributed by atoms with Crippen molar-refractivity contribution in [2.24, 2.45) is 10.1 Å². The summed E-state index contributed by atoms with van der Waals surface area (Å²) in [6.45, 7) is 0.305. The Morgan fingerprint density at radius 2 is 2.27 bits per heavy atom. The minimum atomic E-state index is -0.329.